The molecule has 0 aliphatic carbocycles. The molecule has 2 rings (SSSR count). The molecule has 6 N–H and O–H groups in total. The molecule has 30 heteroatoms. The van der Waals surface area contributed by atoms with Crippen LogP contribution in [0.5, 0.6) is 0 Å². The van der Waals surface area contributed by atoms with Crippen LogP contribution in [0.25, 0.3) is 0 Å². The molecule has 1 aliphatic rings. The van der Waals surface area contributed by atoms with Crippen molar-refractivity contribution >= 4 is 71.3 Å². The molecule has 1 aromatic heterocycles. The van der Waals surface area contributed by atoms with Gasteiger partial charge in [-0.05, 0) is 113 Å². The van der Waals surface area contributed by atoms with Gasteiger partial charge >= 0.3 is 5.76 Å². The molecule has 0 saturated carbocycles. The number of aliphatic hydroxyl groups is 1. The number of unbranched alkanes of at least 4 members (excludes halogenated alkanes) is 1. The Balaban J connectivity index is 2.70. The quantitative estimate of drug-likeness (QED) is 0.0396. The second-order valence-electron chi connectivity index (χ2n) is 30.7. The van der Waals surface area contributed by atoms with E-state index in [1.165, 1.54) is 95.7 Å². The highest BCUT2D eigenvalue weighted by Crippen LogP contribution is 2.25. The smallest absolute Gasteiger partial charge is 0.391 e. The maximum Gasteiger partial charge on any atom is 0.438 e. The van der Waals surface area contributed by atoms with Crippen molar-refractivity contribution in [2.24, 2.45) is 35.5 Å². The number of nitrogens with one attached hydrogen (secondary N) is 5. The van der Waals surface area contributed by atoms with Crippen LogP contribution in [0.4, 0.5) is 0 Å². The van der Waals surface area contributed by atoms with Crippen molar-refractivity contribution in [2.75, 3.05) is 82.1 Å². The van der Waals surface area contributed by atoms with E-state index in [1.54, 1.807) is 31.9 Å². The number of rotatable bonds is 47. The molecule has 4 unspecified atom stereocenters. The lowest BCUT2D eigenvalue weighted by molar-refractivity contribution is -0.152. The number of allylic oxidation sites excluding steroid dienone is 3. The highest BCUT2D eigenvalue weighted by Gasteiger charge is 2.44. The van der Waals surface area contributed by atoms with E-state index >= 15 is 24.0 Å². The van der Waals surface area contributed by atoms with E-state index in [4.69, 9.17) is 4.74 Å². The second kappa shape index (κ2) is 46.2. The third-order valence-corrected chi connectivity index (χ3v) is 19.2. The monoisotopic (exact) mass is 1490 g/mol. The molecular weight excluding hydrogens is 1360 g/mol. The Kier molecular flexibility index (Phi) is 40.9. The number of ether oxygens (including phenoxy) is 1. The lowest BCUT2D eigenvalue weighted by Gasteiger charge is -2.39. The van der Waals surface area contributed by atoms with Gasteiger partial charge in [-0.3, -0.25) is 62.2 Å². The SMILES string of the molecule is C=C/C=C(\C=C)C[C@@H](C(=O)N(C)[C@@H](CC(C)C)C(=O)N[C@H](C(=O)N(CCCC)CC(=O)N(C)[C@H](C=O)CC(C)C)C(C)O)N(C)C(=O)C(NC(=O)[C@H](CC(C)C)N(C)C(=O)[C@H](CC(C)C)N(C)C(=O)C(COCc1noc(=O)[nH]1)NC(=O)[C@H](CC(C)C)N(C)C(=O)CC(NC)C(=O)N1CCCCC1)C(C)C. The van der Waals surface area contributed by atoms with Gasteiger partial charge in [0.05, 0.1) is 37.8 Å². The Morgan fingerprint density at radius 2 is 1.08 bits per heavy atom. The first-order chi connectivity index (χ1) is 49.6. The van der Waals surface area contributed by atoms with Crippen LogP contribution in [0.3, 0.4) is 0 Å². The van der Waals surface area contributed by atoms with Gasteiger partial charge in [-0.25, -0.2) is 4.79 Å². The predicted molar refractivity (Wildman–Crippen MR) is 404 cm³/mol. The summed E-state index contributed by atoms with van der Waals surface area (Å²) >= 11 is 0. The van der Waals surface area contributed by atoms with Crippen molar-refractivity contribution in [2.45, 2.75) is 247 Å². The Morgan fingerprint density at radius 1 is 0.594 bits per heavy atom. The number of likely N-dealkylation sites (tertiary alicyclic amines) is 1. The molecule has 11 atom stereocenters. The zero-order valence-electron chi connectivity index (χ0n) is 67.4. The van der Waals surface area contributed by atoms with E-state index in [1.807, 2.05) is 76.2 Å². The van der Waals surface area contributed by atoms with Crippen LogP contribution in [-0.2, 0) is 68.9 Å². The summed E-state index contributed by atoms with van der Waals surface area (Å²) in [5.74, 6) is -9.59. The highest BCUT2D eigenvalue weighted by molar-refractivity contribution is 5.99. The van der Waals surface area contributed by atoms with E-state index < -0.39 is 150 Å². The minimum Gasteiger partial charge on any atom is -0.391 e. The molecule has 11 amide bonds. The molecule has 1 saturated heterocycles. The lowest BCUT2D eigenvalue weighted by atomic mass is 9.95. The number of likely N-dealkylation sites (N-methyl/N-ethyl adjacent to an activating group) is 7. The average molecular weight is 1500 g/mol. The number of aromatic amines is 1. The molecule has 0 aromatic carbocycles. The number of amides is 11. The van der Waals surface area contributed by atoms with Crippen molar-refractivity contribution in [1.29, 1.82) is 0 Å². The normalized spacial score (nSPS) is 15.8. The minimum atomic E-state index is -1.59. The molecule has 0 bridgehead atoms. The molecule has 30 nitrogen and oxygen atoms in total. The molecule has 2 heterocycles. The molecule has 1 aliphatic heterocycles. The fraction of sp³-hybridized carbons (Fsp3) is 0.737. The van der Waals surface area contributed by atoms with E-state index in [-0.39, 0.29) is 93.0 Å². The van der Waals surface area contributed by atoms with Crippen LogP contribution in [-0.4, -0.2) is 274 Å². The summed E-state index contributed by atoms with van der Waals surface area (Å²) < 4.78 is 10.5. The zero-order valence-corrected chi connectivity index (χ0v) is 67.4. The van der Waals surface area contributed by atoms with Crippen LogP contribution in [0, 0.1) is 35.5 Å². The Bertz CT molecular complexity index is 3160. The number of hydrogen-bond acceptors (Lipinski definition) is 18. The van der Waals surface area contributed by atoms with Crippen molar-refractivity contribution in [3.8, 4) is 0 Å². The minimum absolute atomic E-state index is 0.0269. The molecule has 1 aromatic rings. The summed E-state index contributed by atoms with van der Waals surface area (Å²) in [7, 11) is 10.1. The summed E-state index contributed by atoms with van der Waals surface area (Å²) in [6.07, 6.45) is 7.81. The summed E-state index contributed by atoms with van der Waals surface area (Å²) in [5, 5.41) is 26.2. The van der Waals surface area contributed by atoms with Crippen LogP contribution in [0.15, 0.2) is 46.3 Å². The number of carbonyl (C=O) groups is 12. The van der Waals surface area contributed by atoms with Gasteiger partial charge in [0.25, 0.3) is 0 Å². The second-order valence-corrected chi connectivity index (χ2v) is 30.7. The molecule has 106 heavy (non-hydrogen) atoms. The van der Waals surface area contributed by atoms with Gasteiger partial charge in [0.15, 0.2) is 5.82 Å². The Hall–Kier alpha value is -8.12. The number of aldehydes is 1. The zero-order chi connectivity index (χ0) is 80.7. The first kappa shape index (κ1) is 94.0. The number of H-pyrrole nitrogens is 1. The topological polar surface area (TPSA) is 367 Å². The molecule has 1 fully saturated rings. The summed E-state index contributed by atoms with van der Waals surface area (Å²) in [6.45, 7) is 32.8. The van der Waals surface area contributed by atoms with Crippen LogP contribution in [0.2, 0.25) is 0 Å². The van der Waals surface area contributed by atoms with E-state index in [9.17, 15) is 43.5 Å². The van der Waals surface area contributed by atoms with Crippen LogP contribution >= 0.6 is 0 Å². The van der Waals surface area contributed by atoms with Crippen molar-refractivity contribution < 1.29 is 71.9 Å². The van der Waals surface area contributed by atoms with Crippen LogP contribution < -0.4 is 27.0 Å². The fourth-order valence-corrected chi connectivity index (χ4v) is 12.7. The summed E-state index contributed by atoms with van der Waals surface area (Å²) in [5.41, 5.74) is 0.473. The number of nitrogens with zero attached hydrogens (tertiary/aromatic N) is 9. The largest absolute Gasteiger partial charge is 0.438 e. The van der Waals surface area contributed by atoms with Gasteiger partial charge in [-0.2, -0.15) is 0 Å². The van der Waals surface area contributed by atoms with Crippen LogP contribution in [0.1, 0.15) is 180 Å². The fourth-order valence-electron chi connectivity index (χ4n) is 12.7. The third kappa shape index (κ3) is 29.2. The van der Waals surface area contributed by atoms with Gasteiger partial charge in [0.2, 0.25) is 65.0 Å². The maximum absolute atomic E-state index is 15.4. The summed E-state index contributed by atoms with van der Waals surface area (Å²) in [4.78, 5) is 199. The highest BCUT2D eigenvalue weighted by atomic mass is 16.5. The average Bonchev–Trinajstić information content (AvgIpc) is 1.25. The van der Waals surface area contributed by atoms with Gasteiger partial charge in [-0.1, -0.05) is 133 Å². The standard InChI is InChI=1S/C76H130N14O16/c1-24-27-32-90(42-64(94)83(18)54(43-91)35-46(4)5)75(103)66(52(16)92)81-69(97)59(38-49(10)11)86(21)73(101)61(40-53(26-3)31-25-2)88(23)74(102)65(51(14)15)80-68(96)58(37-48(8)9)85(20)72(100)60(39-50(12)13)87(22)70(98)56(44-105-45-62-79-76(104)106-82-62)78-67(95)57(36-47(6)7)84(19)63(93)41-55(77-17)71(99)89-33-29-28-30-34-89/h25-26,31,43,46-52,54-61,65-66,77,92H,2-3,24,27-30,32-42,44-45H2,1,4-23H3,(H,78,95)(H,80,96)(H,81,97)(H,79,82,104)/b53-31+/t52?,54-,55?,56?,57-,58-,59-,60-,61-,65?,66-/m0/s1. The van der Waals surface area contributed by atoms with Gasteiger partial charge in [0.1, 0.15) is 61.2 Å². The van der Waals surface area contributed by atoms with E-state index in [0.29, 0.717) is 44.2 Å². The van der Waals surface area contributed by atoms with Gasteiger partial charge in [-0.15, -0.1) is 0 Å². The first-order valence-corrected chi connectivity index (χ1v) is 37.6. The Morgan fingerprint density at radius 3 is 1.53 bits per heavy atom. The van der Waals surface area contributed by atoms with E-state index in [2.05, 4.69) is 49.1 Å². The summed E-state index contributed by atoms with van der Waals surface area (Å²) in [6, 6.07) is -12.5. The molecule has 600 valence electrons. The molecular formula is C76H130N14O16. The lowest BCUT2D eigenvalue weighted by Crippen LogP contribution is -2.62. The van der Waals surface area contributed by atoms with Crippen molar-refractivity contribution in [3.63, 3.8) is 0 Å². The first-order valence-electron chi connectivity index (χ1n) is 37.6. The predicted octanol–water partition coefficient (Wildman–Crippen LogP) is 4.07. The number of aliphatic hydroxyl groups excluding tert-OH is 1. The Labute approximate surface area is 629 Å². The van der Waals surface area contributed by atoms with Gasteiger partial charge < -0.3 is 75.1 Å². The third-order valence-electron chi connectivity index (χ3n) is 19.2. The van der Waals surface area contributed by atoms with E-state index in [0.717, 1.165) is 19.3 Å². The number of aromatic nitrogens is 2. The number of piperidine rings is 1. The molecule has 0 radical (unpaired) electrons. The molecule has 0 spiro atoms. The number of carbonyl (C=O) groups excluding carboxylic acids is 12. The van der Waals surface area contributed by atoms with Gasteiger partial charge in [0, 0.05) is 68.3 Å². The number of hydrogen-bond donors (Lipinski definition) is 6. The van der Waals surface area contributed by atoms with Crippen molar-refractivity contribution in [3.05, 3.63) is 53.3 Å². The van der Waals surface area contributed by atoms with Crippen molar-refractivity contribution in [1.82, 2.24) is 70.6 Å². The maximum atomic E-state index is 15.4.